The van der Waals surface area contributed by atoms with Crippen molar-refractivity contribution in [2.75, 3.05) is 0 Å². The Morgan fingerprint density at radius 1 is 0.677 bits per heavy atom. The van der Waals surface area contributed by atoms with E-state index >= 15 is 0 Å². The number of hydrogen-bond donors (Lipinski definition) is 2. The molecule has 0 saturated heterocycles. The van der Waals surface area contributed by atoms with Gasteiger partial charge in [-0.25, -0.2) is 4.99 Å². The van der Waals surface area contributed by atoms with E-state index < -0.39 is 0 Å². The van der Waals surface area contributed by atoms with Crippen LogP contribution in [0.2, 0.25) is 0 Å². The Hall–Kier alpha value is -7.21. The summed E-state index contributed by atoms with van der Waals surface area (Å²) in [4.78, 5) is 5.31. The molecule has 3 unspecified atom stereocenters. The molecule has 0 spiro atoms. The zero-order chi connectivity index (χ0) is 40.7. The van der Waals surface area contributed by atoms with Gasteiger partial charge in [-0.05, 0) is 102 Å². The molecule has 0 amide bonds. The molecule has 298 valence electrons. The molecule has 5 nitrogen and oxygen atoms in total. The highest BCUT2D eigenvalue weighted by atomic mass is 15.3. The third kappa shape index (κ3) is 5.62. The number of aromatic nitrogens is 2. The Morgan fingerprint density at radius 3 is 2.50 bits per heavy atom. The van der Waals surface area contributed by atoms with Gasteiger partial charge in [0, 0.05) is 44.1 Å². The smallest absolute Gasteiger partial charge is 0.131 e. The lowest BCUT2D eigenvalue weighted by Gasteiger charge is -2.33. The number of aryl methyl sites for hydroxylation is 2. The van der Waals surface area contributed by atoms with Crippen LogP contribution in [0.1, 0.15) is 53.8 Å². The second kappa shape index (κ2) is 14.2. The summed E-state index contributed by atoms with van der Waals surface area (Å²) < 4.78 is 5.08. The Kier molecular flexibility index (Phi) is 8.13. The van der Waals surface area contributed by atoms with Crippen LogP contribution in [-0.4, -0.2) is 15.0 Å². The van der Waals surface area contributed by atoms with Crippen LogP contribution < -0.4 is 21.2 Å². The van der Waals surface area contributed by atoms with E-state index in [1.54, 1.807) is 0 Å². The van der Waals surface area contributed by atoms with Gasteiger partial charge < -0.3 is 14.5 Å². The fourth-order valence-corrected chi connectivity index (χ4v) is 10.9. The summed E-state index contributed by atoms with van der Waals surface area (Å²) in [6.45, 7) is 0. The molecule has 13 rings (SSSR count). The first-order valence-electron chi connectivity index (χ1n) is 22.2. The van der Waals surface area contributed by atoms with E-state index in [2.05, 4.69) is 202 Å². The van der Waals surface area contributed by atoms with Crippen molar-refractivity contribution in [2.45, 2.75) is 44.4 Å². The van der Waals surface area contributed by atoms with Crippen LogP contribution in [0.15, 0.2) is 186 Å². The van der Waals surface area contributed by atoms with Gasteiger partial charge in [0.2, 0.25) is 0 Å². The number of rotatable bonds is 5. The first-order valence-corrected chi connectivity index (χ1v) is 22.2. The number of nitrogens with zero attached hydrogens (tertiary/aromatic N) is 3. The van der Waals surface area contributed by atoms with Crippen LogP contribution in [0.4, 0.5) is 0 Å². The van der Waals surface area contributed by atoms with E-state index in [0.717, 1.165) is 49.1 Å². The number of aliphatic imine (C=N–C) groups is 1. The van der Waals surface area contributed by atoms with Crippen molar-refractivity contribution in [2.24, 2.45) is 10.9 Å². The molecule has 2 N–H and O–H groups in total. The van der Waals surface area contributed by atoms with E-state index in [-0.39, 0.29) is 12.3 Å². The van der Waals surface area contributed by atoms with Crippen molar-refractivity contribution in [3.63, 3.8) is 0 Å². The normalized spacial score (nSPS) is 19.9. The number of benzene rings is 6. The van der Waals surface area contributed by atoms with Crippen molar-refractivity contribution < 1.29 is 0 Å². The zero-order valence-corrected chi connectivity index (χ0v) is 34.4. The summed E-state index contributed by atoms with van der Waals surface area (Å²) in [7, 11) is 0. The summed E-state index contributed by atoms with van der Waals surface area (Å²) in [5.41, 5.74) is 15.2. The van der Waals surface area contributed by atoms with Gasteiger partial charge in [-0.1, -0.05) is 146 Å². The first-order chi connectivity index (χ1) is 30.7. The lowest BCUT2D eigenvalue weighted by atomic mass is 9.87. The summed E-state index contributed by atoms with van der Waals surface area (Å²) in [6, 6.07) is 49.6. The number of para-hydroxylation sites is 1. The molecule has 6 aromatic carbocycles. The van der Waals surface area contributed by atoms with E-state index in [0.29, 0.717) is 5.92 Å². The van der Waals surface area contributed by atoms with Crippen LogP contribution in [-0.2, 0) is 12.8 Å². The van der Waals surface area contributed by atoms with Crippen molar-refractivity contribution in [3.8, 4) is 22.6 Å². The lowest BCUT2D eigenvalue weighted by Crippen LogP contribution is -2.45. The topological polar surface area (TPSA) is 46.3 Å². The number of fused-ring (bicyclic) bond motifs is 10. The highest BCUT2D eigenvalue weighted by Crippen LogP contribution is 2.42. The van der Waals surface area contributed by atoms with Crippen molar-refractivity contribution >= 4 is 50.6 Å². The first kappa shape index (κ1) is 35.5. The minimum Gasteiger partial charge on any atom is -0.350 e. The molecular formula is C57H45N5. The minimum atomic E-state index is -0.220. The number of allylic oxidation sites excluding steroid dienone is 6. The maximum Gasteiger partial charge on any atom is 0.131 e. The lowest BCUT2D eigenvalue weighted by molar-refractivity contribution is 0.409. The van der Waals surface area contributed by atoms with Gasteiger partial charge in [0.25, 0.3) is 0 Å². The predicted octanol–water partition coefficient (Wildman–Crippen LogP) is 11.1. The molecule has 4 aliphatic carbocycles. The van der Waals surface area contributed by atoms with Crippen LogP contribution in [0.25, 0.3) is 67.4 Å². The molecule has 5 heteroatoms. The third-order valence-electron chi connectivity index (χ3n) is 13.8. The fraction of sp³-hybridized carbons (Fsp3) is 0.140. The van der Waals surface area contributed by atoms with Gasteiger partial charge >= 0.3 is 0 Å². The van der Waals surface area contributed by atoms with Gasteiger partial charge in [-0.2, -0.15) is 0 Å². The average Bonchev–Trinajstić information content (AvgIpc) is 3.85. The minimum absolute atomic E-state index is 0.0741. The van der Waals surface area contributed by atoms with Crippen molar-refractivity contribution in [1.29, 1.82) is 0 Å². The fourth-order valence-electron chi connectivity index (χ4n) is 10.9. The molecule has 3 atom stereocenters. The van der Waals surface area contributed by atoms with Gasteiger partial charge in [0.15, 0.2) is 0 Å². The van der Waals surface area contributed by atoms with E-state index in [4.69, 9.17) is 4.99 Å². The Morgan fingerprint density at radius 2 is 1.56 bits per heavy atom. The van der Waals surface area contributed by atoms with Gasteiger partial charge in [0.1, 0.15) is 18.2 Å². The number of hydrogen-bond acceptors (Lipinski definition) is 3. The Bertz CT molecular complexity index is 3460. The molecule has 5 aliphatic rings. The second-order valence-corrected chi connectivity index (χ2v) is 17.4. The monoisotopic (exact) mass is 799 g/mol. The second-order valence-electron chi connectivity index (χ2n) is 17.4. The summed E-state index contributed by atoms with van der Waals surface area (Å²) in [5, 5.41) is 15.1. The van der Waals surface area contributed by atoms with E-state index in [9.17, 15) is 0 Å². The molecular weight excluding hydrogens is 755 g/mol. The molecule has 1 aliphatic heterocycles. The molecule has 0 fully saturated rings. The van der Waals surface area contributed by atoms with Crippen LogP contribution >= 0.6 is 0 Å². The maximum absolute atomic E-state index is 5.31. The van der Waals surface area contributed by atoms with Crippen LogP contribution in [0.3, 0.4) is 0 Å². The zero-order valence-electron chi connectivity index (χ0n) is 34.4. The Balaban J connectivity index is 1.00. The molecule has 8 aromatic rings. The molecule has 0 bridgehead atoms. The number of amidine groups is 1. The largest absolute Gasteiger partial charge is 0.350 e. The quantitative estimate of drug-likeness (QED) is 0.182. The SMILES string of the molecule is C1=CCC2C=c3c(n(-c4cccc5cc(C6N=C(C7=CCCC=C7)NC(c7ccccc7)N6)ccc45)c4cc(-n5c6c(c7ccccc75)CCc5ccccc5-6)ccc34)=CC2=C1. The molecule has 62 heavy (non-hydrogen) atoms. The average molecular weight is 800 g/mol. The molecule has 0 radical (unpaired) electrons. The summed E-state index contributed by atoms with van der Waals surface area (Å²) >= 11 is 0. The standard InChI is InChI=1S/C57H45N5/c1-3-15-37(16-4-1)55-58-56(38-17-5-2-6-18-38)60-57(59-55)42-27-29-44-41(32-42)21-13-25-50(44)62-52-34-40-20-8-7-19-39(40)33-49(52)47-31-28-43(35-53(47)62)61-51-24-12-11-23-46(51)48-30-26-36-14-9-10-22-45(36)54(48)61/h1,3-5,7-18,20-25,27-29,31-35,39,55,57,59H,2,6,19,26,30H2,(H,58,60). The van der Waals surface area contributed by atoms with Crippen molar-refractivity contribution in [3.05, 3.63) is 214 Å². The van der Waals surface area contributed by atoms with Gasteiger partial charge in [-0.3, -0.25) is 5.32 Å². The van der Waals surface area contributed by atoms with E-state index in [1.165, 1.54) is 88.0 Å². The highest BCUT2D eigenvalue weighted by molar-refractivity contribution is 6.02. The maximum atomic E-state index is 5.31. The molecule has 0 saturated carbocycles. The predicted molar refractivity (Wildman–Crippen MR) is 256 cm³/mol. The van der Waals surface area contributed by atoms with Crippen molar-refractivity contribution in [1.82, 2.24) is 19.8 Å². The van der Waals surface area contributed by atoms with Crippen LogP contribution in [0, 0.1) is 5.92 Å². The van der Waals surface area contributed by atoms with Gasteiger partial charge in [0.05, 0.1) is 27.8 Å². The third-order valence-corrected chi connectivity index (χ3v) is 13.8. The highest BCUT2D eigenvalue weighted by Gasteiger charge is 2.28. The van der Waals surface area contributed by atoms with Gasteiger partial charge in [-0.15, -0.1) is 0 Å². The number of nitrogens with one attached hydrogen (secondary N) is 2. The molecule has 3 heterocycles. The van der Waals surface area contributed by atoms with Crippen LogP contribution in [0.5, 0.6) is 0 Å². The summed E-state index contributed by atoms with van der Waals surface area (Å²) in [6.07, 6.45) is 23.5. The molecule has 2 aromatic heterocycles. The Labute approximate surface area is 360 Å². The van der Waals surface area contributed by atoms with E-state index in [1.807, 2.05) is 0 Å². The summed E-state index contributed by atoms with van der Waals surface area (Å²) in [5.74, 6) is 1.31.